The molecule has 1 aromatic heterocycles. The van der Waals surface area contributed by atoms with E-state index in [1.54, 1.807) is 35.2 Å². The first-order valence-electron chi connectivity index (χ1n) is 6.18. The van der Waals surface area contributed by atoms with Crippen molar-refractivity contribution in [2.45, 2.75) is 6.54 Å². The van der Waals surface area contributed by atoms with E-state index in [0.717, 1.165) is 0 Å². The first kappa shape index (κ1) is 15.3. The Morgan fingerprint density at radius 2 is 2.19 bits per heavy atom. The maximum atomic E-state index is 12.8. The van der Waals surface area contributed by atoms with Crippen LogP contribution in [0, 0.1) is 0 Å². The summed E-state index contributed by atoms with van der Waals surface area (Å²) in [5, 5.41) is 3.78. The number of anilines is 1. The zero-order valence-corrected chi connectivity index (χ0v) is 12.2. The van der Waals surface area contributed by atoms with Crippen molar-refractivity contribution in [3.05, 3.63) is 42.3 Å². The van der Waals surface area contributed by atoms with Crippen LogP contribution < -0.4 is 9.64 Å². The molecular weight excluding hydrogens is 299 g/mol. The molecule has 0 aliphatic heterocycles. The first-order valence-corrected chi connectivity index (χ1v) is 7.74. The molecule has 2 rings (SSSR count). The Morgan fingerprint density at radius 1 is 1.38 bits per heavy atom. The molecule has 0 aliphatic carbocycles. The van der Waals surface area contributed by atoms with Crippen molar-refractivity contribution in [3.63, 3.8) is 0 Å². The lowest BCUT2D eigenvalue weighted by atomic mass is 10.2. The summed E-state index contributed by atoms with van der Waals surface area (Å²) >= 11 is 0. The van der Waals surface area contributed by atoms with Crippen molar-refractivity contribution >= 4 is 15.9 Å². The Bertz CT molecular complexity index is 673. The first-order chi connectivity index (χ1) is 9.98. The van der Waals surface area contributed by atoms with Crippen LogP contribution >= 0.6 is 0 Å². The SMILES string of the molecule is COc1cccc(N(CCS(=O)(=O)F)Cc2ccon2)c1. The van der Waals surface area contributed by atoms with E-state index in [4.69, 9.17) is 9.26 Å². The van der Waals surface area contributed by atoms with Gasteiger partial charge in [0.1, 0.15) is 17.7 Å². The number of rotatable bonds is 7. The van der Waals surface area contributed by atoms with Gasteiger partial charge in [0.15, 0.2) is 0 Å². The van der Waals surface area contributed by atoms with Gasteiger partial charge in [-0.15, -0.1) is 3.89 Å². The lowest BCUT2D eigenvalue weighted by Gasteiger charge is -2.23. The van der Waals surface area contributed by atoms with Gasteiger partial charge < -0.3 is 14.2 Å². The normalized spacial score (nSPS) is 11.3. The number of aromatic nitrogens is 1. The molecule has 0 amide bonds. The van der Waals surface area contributed by atoms with Gasteiger partial charge in [-0.1, -0.05) is 11.2 Å². The van der Waals surface area contributed by atoms with E-state index >= 15 is 0 Å². The quantitative estimate of drug-likeness (QED) is 0.728. The zero-order valence-electron chi connectivity index (χ0n) is 11.4. The van der Waals surface area contributed by atoms with Crippen LogP contribution in [0.1, 0.15) is 5.69 Å². The Balaban J connectivity index is 2.21. The predicted molar refractivity (Wildman–Crippen MR) is 75.4 cm³/mol. The van der Waals surface area contributed by atoms with Crippen LogP contribution in [0.2, 0.25) is 0 Å². The van der Waals surface area contributed by atoms with E-state index in [0.29, 0.717) is 23.7 Å². The fourth-order valence-corrected chi connectivity index (χ4v) is 2.28. The molecule has 114 valence electrons. The summed E-state index contributed by atoms with van der Waals surface area (Å²) in [5.74, 6) is 0.0305. The monoisotopic (exact) mass is 314 g/mol. The maximum absolute atomic E-state index is 12.8. The molecule has 8 heteroatoms. The molecule has 0 spiro atoms. The van der Waals surface area contributed by atoms with E-state index in [1.165, 1.54) is 13.4 Å². The van der Waals surface area contributed by atoms with Crippen molar-refractivity contribution in [2.75, 3.05) is 24.3 Å². The van der Waals surface area contributed by atoms with E-state index < -0.39 is 16.0 Å². The summed E-state index contributed by atoms with van der Waals surface area (Å²) in [6.45, 7) is 0.304. The summed E-state index contributed by atoms with van der Waals surface area (Å²) in [6, 6.07) is 8.73. The lowest BCUT2D eigenvalue weighted by molar-refractivity contribution is 0.410. The third-order valence-corrected chi connectivity index (χ3v) is 3.54. The molecule has 0 fully saturated rings. The fraction of sp³-hybridized carbons (Fsp3) is 0.308. The minimum atomic E-state index is -4.54. The highest BCUT2D eigenvalue weighted by Crippen LogP contribution is 2.22. The Morgan fingerprint density at radius 3 is 2.81 bits per heavy atom. The molecule has 0 aliphatic rings. The standard InChI is InChI=1S/C13H15FN2O4S/c1-19-13-4-2-3-12(9-13)16(6-8-21(14,17)18)10-11-5-7-20-15-11/h2-5,7,9H,6,8,10H2,1H3. The third kappa shape index (κ3) is 4.75. The van der Waals surface area contributed by atoms with Crippen molar-refractivity contribution in [3.8, 4) is 5.75 Å². The minimum absolute atomic E-state index is 0.00113. The molecule has 0 N–H and O–H groups in total. The van der Waals surface area contributed by atoms with Crippen molar-refractivity contribution < 1.29 is 21.6 Å². The molecule has 2 aromatic rings. The third-order valence-electron chi connectivity index (χ3n) is 2.87. The van der Waals surface area contributed by atoms with Gasteiger partial charge in [-0.2, -0.15) is 8.42 Å². The molecule has 1 heterocycles. The van der Waals surface area contributed by atoms with Crippen molar-refractivity contribution in [1.82, 2.24) is 5.16 Å². The maximum Gasteiger partial charge on any atom is 0.304 e. The van der Waals surface area contributed by atoms with Crippen LogP contribution in [0.4, 0.5) is 9.57 Å². The molecule has 1 aromatic carbocycles. The molecule has 0 atom stereocenters. The molecule has 0 unspecified atom stereocenters. The Kier molecular flexibility index (Phi) is 4.79. The molecule has 6 nitrogen and oxygen atoms in total. The number of halogens is 1. The van der Waals surface area contributed by atoms with Crippen molar-refractivity contribution in [2.24, 2.45) is 0 Å². The second-order valence-electron chi connectivity index (χ2n) is 4.36. The van der Waals surface area contributed by atoms with Gasteiger partial charge in [0.2, 0.25) is 0 Å². The molecule has 0 radical (unpaired) electrons. The average molecular weight is 314 g/mol. The molecule has 0 saturated heterocycles. The second kappa shape index (κ2) is 6.57. The highest BCUT2D eigenvalue weighted by molar-refractivity contribution is 7.86. The fourth-order valence-electron chi connectivity index (χ4n) is 1.84. The van der Waals surface area contributed by atoms with Crippen LogP contribution in [0.25, 0.3) is 0 Å². The number of nitrogens with zero attached hydrogens (tertiary/aromatic N) is 2. The molecule has 21 heavy (non-hydrogen) atoms. The van der Waals surface area contributed by atoms with E-state index in [1.807, 2.05) is 0 Å². The largest absolute Gasteiger partial charge is 0.497 e. The number of hydrogen-bond acceptors (Lipinski definition) is 6. The molecular formula is C13H15FN2O4S. The van der Waals surface area contributed by atoms with Gasteiger partial charge in [0, 0.05) is 24.4 Å². The van der Waals surface area contributed by atoms with Gasteiger partial charge in [-0.05, 0) is 12.1 Å². The molecule has 0 saturated carbocycles. The van der Waals surface area contributed by atoms with Gasteiger partial charge in [-0.3, -0.25) is 0 Å². The molecule has 0 bridgehead atoms. The van der Waals surface area contributed by atoms with Gasteiger partial charge >= 0.3 is 10.2 Å². The topological polar surface area (TPSA) is 72.6 Å². The number of hydrogen-bond donors (Lipinski definition) is 0. The summed E-state index contributed by atoms with van der Waals surface area (Å²) in [4.78, 5) is 1.69. The number of ether oxygens (including phenoxy) is 1. The van der Waals surface area contributed by atoms with E-state index in [2.05, 4.69) is 5.16 Å². The highest BCUT2D eigenvalue weighted by Gasteiger charge is 2.15. The summed E-state index contributed by atoms with van der Waals surface area (Å²) in [7, 11) is -3.00. The summed E-state index contributed by atoms with van der Waals surface area (Å²) < 4.78 is 44.1. The zero-order chi connectivity index (χ0) is 15.3. The average Bonchev–Trinajstić information content (AvgIpc) is 2.95. The Labute approximate surface area is 122 Å². The number of benzene rings is 1. The van der Waals surface area contributed by atoms with Crippen LogP contribution in [0.3, 0.4) is 0 Å². The van der Waals surface area contributed by atoms with Gasteiger partial charge in [-0.25, -0.2) is 0 Å². The minimum Gasteiger partial charge on any atom is -0.497 e. The summed E-state index contributed by atoms with van der Waals surface area (Å²) in [5.41, 5.74) is 1.33. The smallest absolute Gasteiger partial charge is 0.304 e. The van der Waals surface area contributed by atoms with Crippen LogP contribution in [0.5, 0.6) is 5.75 Å². The van der Waals surface area contributed by atoms with Crippen LogP contribution in [-0.2, 0) is 16.8 Å². The number of methoxy groups -OCH3 is 1. The van der Waals surface area contributed by atoms with Crippen LogP contribution in [-0.4, -0.2) is 33.0 Å². The highest BCUT2D eigenvalue weighted by atomic mass is 32.3. The lowest BCUT2D eigenvalue weighted by Crippen LogP contribution is -2.28. The summed E-state index contributed by atoms with van der Waals surface area (Å²) in [6.07, 6.45) is 1.42. The van der Waals surface area contributed by atoms with Gasteiger partial charge in [0.25, 0.3) is 0 Å². The van der Waals surface area contributed by atoms with Crippen molar-refractivity contribution in [1.29, 1.82) is 0 Å². The van der Waals surface area contributed by atoms with E-state index in [-0.39, 0.29) is 6.54 Å². The second-order valence-corrected chi connectivity index (χ2v) is 5.84. The van der Waals surface area contributed by atoms with Gasteiger partial charge in [0.05, 0.1) is 19.4 Å². The predicted octanol–water partition coefficient (Wildman–Crippen LogP) is 1.99. The Hall–Kier alpha value is -2.09. The van der Waals surface area contributed by atoms with Crippen LogP contribution in [0.15, 0.2) is 41.1 Å². The van der Waals surface area contributed by atoms with E-state index in [9.17, 15) is 12.3 Å².